The molecule has 1 N–H and O–H groups in total. The molecule has 20 heavy (non-hydrogen) atoms. The summed E-state index contributed by atoms with van der Waals surface area (Å²) in [6.45, 7) is 2.30. The van der Waals surface area contributed by atoms with Crippen LogP contribution in [0.25, 0.3) is 0 Å². The zero-order chi connectivity index (χ0) is 15.3. The second kappa shape index (κ2) is 6.92. The summed E-state index contributed by atoms with van der Waals surface area (Å²) < 4.78 is 40.3. The Balaban J connectivity index is 2.51. The maximum atomic E-state index is 12.2. The van der Waals surface area contributed by atoms with E-state index in [4.69, 9.17) is 0 Å². The Morgan fingerprint density at radius 1 is 1.40 bits per heavy atom. The van der Waals surface area contributed by atoms with Gasteiger partial charge in [-0.2, -0.15) is 13.2 Å². The van der Waals surface area contributed by atoms with Crippen LogP contribution in [0.4, 0.5) is 13.2 Å². The summed E-state index contributed by atoms with van der Waals surface area (Å²) in [5, 5.41) is 2.62. The average Bonchev–Trinajstić information content (AvgIpc) is 2.45. The van der Waals surface area contributed by atoms with Gasteiger partial charge >= 0.3 is 6.18 Å². The average molecular weight is 296 g/mol. The quantitative estimate of drug-likeness (QED) is 0.768. The molecule has 0 spiro atoms. The molecule has 116 valence electrons. The van der Waals surface area contributed by atoms with Crippen molar-refractivity contribution in [3.63, 3.8) is 0 Å². The molecule has 1 unspecified atom stereocenters. The Bertz CT molecular complexity index is 358. The SMILES string of the molecule is CC(C)C1NC(=O)CCN(CCOCC(F)(F)F)C1=O. The van der Waals surface area contributed by atoms with Crippen LogP contribution < -0.4 is 5.32 Å². The molecule has 0 aromatic rings. The highest BCUT2D eigenvalue weighted by Crippen LogP contribution is 2.15. The molecule has 1 aliphatic rings. The number of nitrogens with zero attached hydrogens (tertiary/aromatic N) is 1. The minimum Gasteiger partial charge on any atom is -0.370 e. The number of halogens is 3. The topological polar surface area (TPSA) is 58.6 Å². The van der Waals surface area contributed by atoms with E-state index < -0.39 is 18.8 Å². The fourth-order valence-corrected chi connectivity index (χ4v) is 1.89. The maximum Gasteiger partial charge on any atom is 0.411 e. The van der Waals surface area contributed by atoms with Gasteiger partial charge in [-0.05, 0) is 5.92 Å². The van der Waals surface area contributed by atoms with Crippen molar-refractivity contribution in [3.8, 4) is 0 Å². The normalized spacial score (nSPS) is 21.1. The predicted octanol–water partition coefficient (Wildman–Crippen LogP) is 0.938. The van der Waals surface area contributed by atoms with Crippen molar-refractivity contribution in [2.75, 3.05) is 26.3 Å². The number of hydrogen-bond acceptors (Lipinski definition) is 3. The summed E-state index contributed by atoms with van der Waals surface area (Å²) in [4.78, 5) is 25.0. The van der Waals surface area contributed by atoms with Gasteiger partial charge in [0, 0.05) is 19.5 Å². The Labute approximate surface area is 115 Å². The lowest BCUT2D eigenvalue weighted by atomic mass is 10.0. The van der Waals surface area contributed by atoms with Crippen molar-refractivity contribution in [1.82, 2.24) is 10.2 Å². The van der Waals surface area contributed by atoms with E-state index in [2.05, 4.69) is 10.1 Å². The van der Waals surface area contributed by atoms with Crippen molar-refractivity contribution in [2.24, 2.45) is 5.92 Å². The highest BCUT2D eigenvalue weighted by atomic mass is 19.4. The molecule has 1 aliphatic heterocycles. The van der Waals surface area contributed by atoms with Gasteiger partial charge in [-0.1, -0.05) is 13.8 Å². The first-order valence-corrected chi connectivity index (χ1v) is 6.43. The predicted molar refractivity (Wildman–Crippen MR) is 64.8 cm³/mol. The lowest BCUT2D eigenvalue weighted by Crippen LogP contribution is -2.48. The molecule has 0 radical (unpaired) electrons. The first-order chi connectivity index (χ1) is 9.20. The van der Waals surface area contributed by atoms with Crippen molar-refractivity contribution in [1.29, 1.82) is 0 Å². The molecule has 1 heterocycles. The number of amides is 2. The van der Waals surface area contributed by atoms with E-state index in [1.54, 1.807) is 13.8 Å². The Kier molecular flexibility index (Phi) is 5.79. The van der Waals surface area contributed by atoms with Crippen LogP contribution in [0.15, 0.2) is 0 Å². The third-order valence-electron chi connectivity index (χ3n) is 2.94. The van der Waals surface area contributed by atoms with Gasteiger partial charge in [0.15, 0.2) is 0 Å². The Hall–Kier alpha value is -1.31. The molecule has 0 aromatic carbocycles. The second-order valence-electron chi connectivity index (χ2n) is 5.03. The van der Waals surface area contributed by atoms with Crippen LogP contribution in [-0.2, 0) is 14.3 Å². The van der Waals surface area contributed by atoms with Crippen LogP contribution in [0, 0.1) is 5.92 Å². The number of alkyl halides is 3. The minimum absolute atomic E-state index is 0.0487. The zero-order valence-corrected chi connectivity index (χ0v) is 11.5. The Morgan fingerprint density at radius 2 is 2.05 bits per heavy atom. The third-order valence-corrected chi connectivity index (χ3v) is 2.94. The number of carbonyl (C=O) groups is 2. The van der Waals surface area contributed by atoms with E-state index in [0.717, 1.165) is 0 Å². The molecule has 0 saturated carbocycles. The molecule has 0 bridgehead atoms. The second-order valence-corrected chi connectivity index (χ2v) is 5.03. The van der Waals surface area contributed by atoms with E-state index in [-0.39, 0.29) is 43.8 Å². The monoisotopic (exact) mass is 296 g/mol. The lowest BCUT2D eigenvalue weighted by Gasteiger charge is -2.26. The van der Waals surface area contributed by atoms with Gasteiger partial charge in [0.25, 0.3) is 0 Å². The van der Waals surface area contributed by atoms with Gasteiger partial charge < -0.3 is 15.0 Å². The highest BCUT2D eigenvalue weighted by molar-refractivity contribution is 5.90. The summed E-state index contributed by atoms with van der Waals surface area (Å²) in [6, 6.07) is -0.632. The van der Waals surface area contributed by atoms with Crippen LogP contribution in [0.2, 0.25) is 0 Å². The van der Waals surface area contributed by atoms with E-state index in [1.165, 1.54) is 4.90 Å². The summed E-state index contributed by atoms with van der Waals surface area (Å²) in [5.74, 6) is -0.583. The van der Waals surface area contributed by atoms with Gasteiger partial charge in [0.1, 0.15) is 12.6 Å². The minimum atomic E-state index is -4.37. The summed E-state index contributed by atoms with van der Waals surface area (Å²) >= 11 is 0. The summed E-state index contributed by atoms with van der Waals surface area (Å²) in [5.41, 5.74) is 0. The first kappa shape index (κ1) is 16.7. The van der Waals surface area contributed by atoms with E-state index in [1.807, 2.05) is 0 Å². The van der Waals surface area contributed by atoms with Gasteiger partial charge in [-0.3, -0.25) is 9.59 Å². The molecule has 2 amide bonds. The number of hydrogen-bond donors (Lipinski definition) is 1. The molecular weight excluding hydrogens is 277 g/mol. The van der Waals surface area contributed by atoms with Crippen molar-refractivity contribution in [2.45, 2.75) is 32.5 Å². The number of rotatable bonds is 5. The molecule has 5 nitrogen and oxygen atoms in total. The fraction of sp³-hybridized carbons (Fsp3) is 0.833. The van der Waals surface area contributed by atoms with Crippen molar-refractivity contribution in [3.05, 3.63) is 0 Å². The van der Waals surface area contributed by atoms with Crippen molar-refractivity contribution < 1.29 is 27.5 Å². The highest BCUT2D eigenvalue weighted by Gasteiger charge is 2.32. The summed E-state index contributed by atoms with van der Waals surface area (Å²) in [7, 11) is 0. The summed E-state index contributed by atoms with van der Waals surface area (Å²) in [6.07, 6.45) is -4.23. The lowest BCUT2D eigenvalue weighted by molar-refractivity contribution is -0.174. The number of nitrogens with one attached hydrogen (secondary N) is 1. The molecule has 1 rings (SSSR count). The van der Waals surface area contributed by atoms with Crippen LogP contribution >= 0.6 is 0 Å². The first-order valence-electron chi connectivity index (χ1n) is 6.43. The van der Waals surface area contributed by atoms with E-state index in [9.17, 15) is 22.8 Å². The van der Waals surface area contributed by atoms with Crippen LogP contribution in [0.3, 0.4) is 0 Å². The molecule has 0 aliphatic carbocycles. The third kappa shape index (κ3) is 5.36. The molecule has 1 fully saturated rings. The standard InChI is InChI=1S/C12H19F3N2O3/c1-8(2)10-11(19)17(4-3-9(18)16-10)5-6-20-7-12(13,14)15/h8,10H,3-7H2,1-2H3,(H,16,18). The van der Waals surface area contributed by atoms with Crippen LogP contribution in [0.1, 0.15) is 20.3 Å². The smallest absolute Gasteiger partial charge is 0.370 e. The largest absolute Gasteiger partial charge is 0.411 e. The van der Waals surface area contributed by atoms with E-state index in [0.29, 0.717) is 0 Å². The molecule has 0 aromatic heterocycles. The van der Waals surface area contributed by atoms with Crippen molar-refractivity contribution >= 4 is 11.8 Å². The molecular formula is C12H19F3N2O3. The molecule has 1 atom stereocenters. The Morgan fingerprint density at radius 3 is 2.60 bits per heavy atom. The van der Waals surface area contributed by atoms with Gasteiger partial charge in [0.05, 0.1) is 6.61 Å². The van der Waals surface area contributed by atoms with Crippen LogP contribution in [-0.4, -0.2) is 55.2 Å². The maximum absolute atomic E-state index is 12.2. The van der Waals surface area contributed by atoms with Crippen LogP contribution in [0.5, 0.6) is 0 Å². The van der Waals surface area contributed by atoms with Gasteiger partial charge in [-0.15, -0.1) is 0 Å². The molecule has 1 saturated heterocycles. The molecule has 8 heteroatoms. The van der Waals surface area contributed by atoms with E-state index >= 15 is 0 Å². The van der Waals surface area contributed by atoms with Gasteiger partial charge in [0.2, 0.25) is 11.8 Å². The number of ether oxygens (including phenoxy) is 1. The van der Waals surface area contributed by atoms with Gasteiger partial charge in [-0.25, -0.2) is 0 Å². The fourth-order valence-electron chi connectivity index (χ4n) is 1.89. The number of carbonyl (C=O) groups excluding carboxylic acids is 2. The zero-order valence-electron chi connectivity index (χ0n) is 11.5.